The molecule has 0 aromatic carbocycles. The molecule has 2 saturated heterocycles. The summed E-state index contributed by atoms with van der Waals surface area (Å²) in [5.41, 5.74) is 7.96. The van der Waals surface area contributed by atoms with Crippen LogP contribution in [-0.2, 0) is 16.1 Å². The highest BCUT2D eigenvalue weighted by molar-refractivity contribution is 5.88. The van der Waals surface area contributed by atoms with Crippen molar-refractivity contribution in [2.24, 2.45) is 5.92 Å². The number of anilines is 3. The predicted octanol–water partition coefficient (Wildman–Crippen LogP) is 0.530. The van der Waals surface area contributed by atoms with Gasteiger partial charge in [0.05, 0.1) is 18.8 Å². The first-order chi connectivity index (χ1) is 18.4. The van der Waals surface area contributed by atoms with E-state index in [0.717, 1.165) is 29.5 Å². The molecule has 6 rings (SSSR count). The van der Waals surface area contributed by atoms with E-state index in [0.29, 0.717) is 63.2 Å². The quantitative estimate of drug-likeness (QED) is 0.466. The number of aliphatic hydroxyl groups is 1. The van der Waals surface area contributed by atoms with Gasteiger partial charge >= 0.3 is 0 Å². The van der Waals surface area contributed by atoms with E-state index in [1.54, 1.807) is 17.3 Å². The van der Waals surface area contributed by atoms with Gasteiger partial charge in [-0.1, -0.05) is 0 Å². The van der Waals surface area contributed by atoms with Crippen molar-refractivity contribution in [2.75, 3.05) is 61.5 Å². The van der Waals surface area contributed by atoms with Crippen molar-refractivity contribution in [3.05, 3.63) is 12.4 Å². The van der Waals surface area contributed by atoms with E-state index < -0.39 is 6.10 Å². The lowest BCUT2D eigenvalue weighted by Crippen LogP contribution is -2.56. The number of carbonyl (C=O) groups excluding carboxylic acids is 1. The molecule has 202 valence electrons. The van der Waals surface area contributed by atoms with Crippen LogP contribution in [-0.4, -0.2) is 103 Å². The first-order valence-corrected chi connectivity index (χ1v) is 13.3. The van der Waals surface area contributed by atoms with Crippen LogP contribution in [0.25, 0.3) is 22.6 Å². The topological polar surface area (TPSA) is 152 Å². The Labute approximate surface area is 220 Å². The van der Waals surface area contributed by atoms with Crippen molar-refractivity contribution in [3.8, 4) is 11.4 Å². The molecule has 3 aromatic heterocycles. The molecule has 3 fully saturated rings. The van der Waals surface area contributed by atoms with Crippen LogP contribution in [0.5, 0.6) is 0 Å². The second-order valence-corrected chi connectivity index (χ2v) is 10.4. The Morgan fingerprint density at radius 1 is 1.11 bits per heavy atom. The molecule has 3 aliphatic rings. The molecule has 3 aromatic rings. The number of hydrogen-bond donors (Lipinski definition) is 2. The Balaban J connectivity index is 1.45. The zero-order valence-electron chi connectivity index (χ0n) is 21.8. The number of ether oxygens (including phenoxy) is 1. The molecule has 1 saturated carbocycles. The highest BCUT2D eigenvalue weighted by Gasteiger charge is 2.34. The minimum atomic E-state index is -1.01. The average molecular weight is 523 g/mol. The first kappa shape index (κ1) is 24.7. The number of fused-ring (bicyclic) bond motifs is 1. The second kappa shape index (κ2) is 9.95. The lowest BCUT2D eigenvalue weighted by atomic mass is 10.1. The molecule has 0 spiro atoms. The van der Waals surface area contributed by atoms with E-state index in [-0.39, 0.29) is 17.9 Å². The number of imidazole rings is 1. The average Bonchev–Trinajstić information content (AvgIpc) is 3.68. The minimum Gasteiger partial charge on any atom is -0.384 e. The van der Waals surface area contributed by atoms with E-state index in [1.807, 2.05) is 6.92 Å². The van der Waals surface area contributed by atoms with Crippen LogP contribution < -0.4 is 15.5 Å². The van der Waals surface area contributed by atoms with Crippen molar-refractivity contribution in [1.82, 2.24) is 34.4 Å². The molecule has 1 aliphatic carbocycles. The van der Waals surface area contributed by atoms with Gasteiger partial charge in [-0.3, -0.25) is 9.36 Å². The van der Waals surface area contributed by atoms with Crippen LogP contribution in [0.2, 0.25) is 0 Å². The van der Waals surface area contributed by atoms with Crippen molar-refractivity contribution < 1.29 is 14.6 Å². The second-order valence-electron chi connectivity index (χ2n) is 10.4. The van der Waals surface area contributed by atoms with Crippen LogP contribution in [0, 0.1) is 5.92 Å². The molecule has 38 heavy (non-hydrogen) atoms. The third-order valence-corrected chi connectivity index (χ3v) is 7.49. The van der Waals surface area contributed by atoms with E-state index in [1.165, 1.54) is 19.8 Å². The Hall–Kier alpha value is -3.58. The summed E-state index contributed by atoms with van der Waals surface area (Å²) in [5.74, 6) is 2.70. The smallest absolute Gasteiger partial charge is 0.251 e. The van der Waals surface area contributed by atoms with Crippen molar-refractivity contribution in [3.63, 3.8) is 0 Å². The van der Waals surface area contributed by atoms with Gasteiger partial charge in [-0.25, -0.2) is 24.9 Å². The number of aromatic nitrogens is 6. The van der Waals surface area contributed by atoms with Crippen molar-refractivity contribution in [1.29, 1.82) is 0 Å². The summed E-state index contributed by atoms with van der Waals surface area (Å²) in [6, 6.07) is -0.0627. The lowest BCUT2D eigenvalue weighted by Gasteiger charge is -2.40. The summed E-state index contributed by atoms with van der Waals surface area (Å²) in [5, 5.41) is 9.84. The summed E-state index contributed by atoms with van der Waals surface area (Å²) in [6.07, 6.45) is 4.66. The molecule has 2 aliphatic heterocycles. The third kappa shape index (κ3) is 4.71. The van der Waals surface area contributed by atoms with Crippen LogP contribution >= 0.6 is 0 Å². The number of aliphatic hydroxyl groups excluding tert-OH is 1. The predicted molar refractivity (Wildman–Crippen MR) is 142 cm³/mol. The number of carbonyl (C=O) groups is 1. The number of nitrogen functional groups attached to an aromatic ring is 1. The van der Waals surface area contributed by atoms with Gasteiger partial charge in [-0.2, -0.15) is 0 Å². The van der Waals surface area contributed by atoms with Crippen LogP contribution in [0.15, 0.2) is 12.4 Å². The molecule has 0 bridgehead atoms. The van der Waals surface area contributed by atoms with Crippen molar-refractivity contribution in [2.45, 2.75) is 45.4 Å². The van der Waals surface area contributed by atoms with Gasteiger partial charge in [0, 0.05) is 57.7 Å². The zero-order chi connectivity index (χ0) is 26.4. The largest absolute Gasteiger partial charge is 0.384 e. The van der Waals surface area contributed by atoms with Crippen molar-refractivity contribution >= 4 is 34.8 Å². The fraction of sp³-hybridized carbons (Fsp3) is 0.600. The summed E-state index contributed by atoms with van der Waals surface area (Å²) >= 11 is 0. The number of rotatable bonds is 6. The number of morpholine rings is 1. The van der Waals surface area contributed by atoms with E-state index >= 15 is 0 Å². The molecule has 3 N–H and O–H groups in total. The standard InChI is InChI=1S/C25H34N10O3/c1-15-13-33(5-6-34(15)23(37)16(2)36)25-29-19-21(32-7-9-38-10-8-32)30-20(18-11-27-24(26)28-12-18)31-22(19)35(25)14-17-3-4-17/h11-12,15-17,36H,3-10,13-14H2,1-2H3,(H2,26,27,28)/t15-,16+/m0/s1. The Morgan fingerprint density at radius 2 is 1.84 bits per heavy atom. The monoisotopic (exact) mass is 522 g/mol. The maximum atomic E-state index is 12.5. The van der Waals surface area contributed by atoms with Gasteiger partial charge in [0.25, 0.3) is 5.91 Å². The number of nitrogens with zero attached hydrogens (tertiary/aromatic N) is 9. The van der Waals surface area contributed by atoms with Gasteiger partial charge in [0.15, 0.2) is 22.8 Å². The first-order valence-electron chi connectivity index (χ1n) is 13.3. The van der Waals surface area contributed by atoms with Gasteiger partial charge in [0.1, 0.15) is 6.10 Å². The summed E-state index contributed by atoms with van der Waals surface area (Å²) in [7, 11) is 0. The minimum absolute atomic E-state index is 0.0627. The number of nitrogens with two attached hydrogens (primary N) is 1. The Bertz CT molecular complexity index is 1320. The van der Waals surface area contributed by atoms with Gasteiger partial charge in [0.2, 0.25) is 11.9 Å². The lowest BCUT2D eigenvalue weighted by molar-refractivity contribution is -0.141. The Kier molecular flexibility index (Phi) is 6.48. The van der Waals surface area contributed by atoms with Crippen LogP contribution in [0.4, 0.5) is 17.7 Å². The van der Waals surface area contributed by atoms with E-state index in [4.69, 9.17) is 25.4 Å². The molecule has 2 atom stereocenters. The maximum absolute atomic E-state index is 12.5. The molecule has 0 unspecified atom stereocenters. The fourth-order valence-corrected chi connectivity index (χ4v) is 5.23. The molecule has 5 heterocycles. The van der Waals surface area contributed by atoms with Gasteiger partial charge in [-0.05, 0) is 32.6 Å². The summed E-state index contributed by atoms with van der Waals surface area (Å²) < 4.78 is 7.82. The van der Waals surface area contributed by atoms with E-state index in [9.17, 15) is 9.90 Å². The fourth-order valence-electron chi connectivity index (χ4n) is 5.23. The maximum Gasteiger partial charge on any atom is 0.251 e. The highest BCUT2D eigenvalue weighted by Crippen LogP contribution is 2.37. The van der Waals surface area contributed by atoms with Gasteiger partial charge < -0.3 is 30.3 Å². The molecular weight excluding hydrogens is 488 g/mol. The third-order valence-electron chi connectivity index (χ3n) is 7.49. The molecular formula is C25H34N10O3. The number of piperazine rings is 1. The van der Waals surface area contributed by atoms with Crippen LogP contribution in [0.1, 0.15) is 26.7 Å². The van der Waals surface area contributed by atoms with Crippen LogP contribution in [0.3, 0.4) is 0 Å². The number of amides is 1. The summed E-state index contributed by atoms with van der Waals surface area (Å²) in [4.78, 5) is 42.1. The highest BCUT2D eigenvalue weighted by atomic mass is 16.5. The number of hydrogen-bond acceptors (Lipinski definition) is 11. The SMILES string of the molecule is C[C@@H](O)C(=O)N1CCN(c2nc3c(N4CCOCC4)nc(-c4cnc(N)nc4)nc3n2CC2CC2)C[C@@H]1C. The summed E-state index contributed by atoms with van der Waals surface area (Å²) in [6.45, 7) is 8.79. The zero-order valence-corrected chi connectivity index (χ0v) is 21.8. The van der Waals surface area contributed by atoms with E-state index in [2.05, 4.69) is 24.3 Å². The Morgan fingerprint density at radius 3 is 2.50 bits per heavy atom. The molecule has 13 heteroatoms. The molecule has 1 amide bonds. The van der Waals surface area contributed by atoms with Gasteiger partial charge in [-0.15, -0.1) is 0 Å². The molecule has 0 radical (unpaired) electrons. The molecule has 13 nitrogen and oxygen atoms in total. The normalized spacial score (nSPS) is 21.2.